The fourth-order valence-electron chi connectivity index (χ4n) is 1.87. The van der Waals surface area contributed by atoms with Crippen LogP contribution < -0.4 is 5.32 Å². The highest BCUT2D eigenvalue weighted by atomic mass is 16.4. The molecule has 0 radical (unpaired) electrons. The van der Waals surface area contributed by atoms with Gasteiger partial charge in [0.05, 0.1) is 0 Å². The van der Waals surface area contributed by atoms with Crippen molar-refractivity contribution in [1.29, 1.82) is 0 Å². The Morgan fingerprint density at radius 1 is 1.10 bits per heavy atom. The predicted molar refractivity (Wildman–Crippen MR) is 77.8 cm³/mol. The third-order valence-electron chi connectivity index (χ3n) is 3.11. The molecule has 0 aromatic heterocycles. The van der Waals surface area contributed by atoms with Crippen molar-refractivity contribution < 1.29 is 19.5 Å². The Hall–Kier alpha value is -1.79. The number of carbonyl (C=O) groups is 3. The molecule has 0 aromatic rings. The zero-order valence-corrected chi connectivity index (χ0v) is 12.3. The zero-order valence-electron chi connectivity index (χ0n) is 12.3. The highest BCUT2D eigenvalue weighted by Gasteiger charge is 2.16. The van der Waals surface area contributed by atoms with Crippen molar-refractivity contribution in [2.75, 3.05) is 6.54 Å². The SMILES string of the molecule is O=CCCCCCCC(=O)NCCCCC(N=O)C(=O)O. The summed E-state index contributed by atoms with van der Waals surface area (Å²) in [6, 6.07) is -1.19. The number of carbonyl (C=O) groups excluding carboxylic acids is 2. The first-order valence-electron chi connectivity index (χ1n) is 7.37. The van der Waals surface area contributed by atoms with Crippen LogP contribution in [-0.4, -0.2) is 35.9 Å². The Morgan fingerprint density at radius 3 is 2.43 bits per heavy atom. The molecule has 0 aliphatic rings. The molecule has 1 unspecified atom stereocenters. The first kappa shape index (κ1) is 19.2. The lowest BCUT2D eigenvalue weighted by atomic mass is 10.1. The van der Waals surface area contributed by atoms with Gasteiger partial charge < -0.3 is 15.2 Å². The molecule has 0 saturated carbocycles. The van der Waals surface area contributed by atoms with E-state index >= 15 is 0 Å². The van der Waals surface area contributed by atoms with E-state index in [1.807, 2.05) is 0 Å². The molecular weight excluding hydrogens is 276 g/mol. The summed E-state index contributed by atoms with van der Waals surface area (Å²) in [7, 11) is 0. The van der Waals surface area contributed by atoms with Crippen LogP contribution in [-0.2, 0) is 14.4 Å². The van der Waals surface area contributed by atoms with Gasteiger partial charge in [0.1, 0.15) is 6.29 Å². The molecule has 2 N–H and O–H groups in total. The Bertz CT molecular complexity index is 333. The number of aliphatic carboxylic acids is 1. The average Bonchev–Trinajstić information content (AvgIpc) is 2.46. The van der Waals surface area contributed by atoms with Crippen molar-refractivity contribution in [1.82, 2.24) is 5.32 Å². The van der Waals surface area contributed by atoms with Crippen LogP contribution in [0.25, 0.3) is 0 Å². The lowest BCUT2D eigenvalue weighted by Gasteiger charge is -2.06. The first-order chi connectivity index (χ1) is 10.1. The number of carboxylic acid groups (broad SMARTS) is 1. The van der Waals surface area contributed by atoms with Crippen LogP contribution in [0.15, 0.2) is 5.18 Å². The number of hydrogen-bond donors (Lipinski definition) is 2. The summed E-state index contributed by atoms with van der Waals surface area (Å²) in [4.78, 5) is 42.3. The minimum atomic E-state index is -1.20. The van der Waals surface area contributed by atoms with Gasteiger partial charge in [0.15, 0.2) is 6.04 Å². The van der Waals surface area contributed by atoms with Crippen LogP contribution in [0.3, 0.4) is 0 Å². The van der Waals surface area contributed by atoms with E-state index in [2.05, 4.69) is 10.5 Å². The second-order valence-corrected chi connectivity index (χ2v) is 4.92. The Labute approximate surface area is 124 Å². The first-order valence-corrected chi connectivity index (χ1v) is 7.37. The number of nitrogens with zero attached hydrogens (tertiary/aromatic N) is 1. The van der Waals surface area contributed by atoms with Crippen LogP contribution in [0.5, 0.6) is 0 Å². The summed E-state index contributed by atoms with van der Waals surface area (Å²) in [5, 5.41) is 13.9. The largest absolute Gasteiger partial charge is 0.480 e. The molecule has 0 saturated heterocycles. The standard InChI is InChI=1S/C14H24N2O5/c17-11-7-3-1-2-4-9-13(18)15-10-6-5-8-12(16-21)14(19)20/h11-12H,1-10H2,(H,15,18)(H,19,20). The number of aldehydes is 1. The van der Waals surface area contributed by atoms with Crippen LogP contribution >= 0.6 is 0 Å². The molecule has 0 spiro atoms. The van der Waals surface area contributed by atoms with Crippen LogP contribution in [0.2, 0.25) is 0 Å². The number of unbranched alkanes of at least 4 members (excludes halogenated alkanes) is 5. The molecule has 1 amide bonds. The van der Waals surface area contributed by atoms with Crippen LogP contribution in [0, 0.1) is 4.91 Å². The zero-order chi connectivity index (χ0) is 15.9. The van der Waals surface area contributed by atoms with Crippen LogP contribution in [0.4, 0.5) is 0 Å². The average molecular weight is 300 g/mol. The van der Waals surface area contributed by atoms with Crippen molar-refractivity contribution in [2.24, 2.45) is 5.18 Å². The predicted octanol–water partition coefficient (Wildman–Crippen LogP) is 2.03. The van der Waals surface area contributed by atoms with Gasteiger partial charge in [-0.05, 0) is 32.1 Å². The Morgan fingerprint density at radius 2 is 1.81 bits per heavy atom. The van der Waals surface area contributed by atoms with Crippen molar-refractivity contribution in [3.8, 4) is 0 Å². The fraction of sp³-hybridized carbons (Fsp3) is 0.786. The summed E-state index contributed by atoms with van der Waals surface area (Å²) in [5.41, 5.74) is 0. The molecule has 120 valence electrons. The minimum Gasteiger partial charge on any atom is -0.480 e. The van der Waals surface area contributed by atoms with Gasteiger partial charge in [-0.25, -0.2) is 4.79 Å². The monoisotopic (exact) mass is 300 g/mol. The third-order valence-corrected chi connectivity index (χ3v) is 3.11. The molecule has 0 heterocycles. The number of nitrogens with one attached hydrogen (secondary N) is 1. The fourth-order valence-corrected chi connectivity index (χ4v) is 1.87. The number of amides is 1. The number of hydrogen-bond acceptors (Lipinski definition) is 5. The lowest BCUT2D eigenvalue weighted by Crippen LogP contribution is -2.24. The van der Waals surface area contributed by atoms with E-state index in [0.717, 1.165) is 32.0 Å². The molecule has 1 atom stereocenters. The van der Waals surface area contributed by atoms with Gasteiger partial charge >= 0.3 is 5.97 Å². The van der Waals surface area contributed by atoms with Gasteiger partial charge in [0.2, 0.25) is 5.91 Å². The van der Waals surface area contributed by atoms with Crippen molar-refractivity contribution in [2.45, 2.75) is 63.8 Å². The van der Waals surface area contributed by atoms with Gasteiger partial charge in [0.25, 0.3) is 0 Å². The number of rotatable bonds is 14. The van der Waals surface area contributed by atoms with Crippen molar-refractivity contribution in [3.63, 3.8) is 0 Å². The molecule has 0 bridgehead atoms. The van der Waals surface area contributed by atoms with E-state index < -0.39 is 12.0 Å². The second-order valence-electron chi connectivity index (χ2n) is 4.92. The smallest absolute Gasteiger partial charge is 0.332 e. The molecule has 0 aromatic carbocycles. The normalized spacial score (nSPS) is 11.6. The van der Waals surface area contributed by atoms with Crippen molar-refractivity contribution in [3.05, 3.63) is 4.91 Å². The van der Waals surface area contributed by atoms with Gasteiger partial charge in [-0.15, -0.1) is 4.91 Å². The minimum absolute atomic E-state index is 0.0197. The van der Waals surface area contributed by atoms with Gasteiger partial charge in [-0.3, -0.25) is 4.79 Å². The van der Waals surface area contributed by atoms with Crippen molar-refractivity contribution >= 4 is 18.2 Å². The highest BCUT2D eigenvalue weighted by Crippen LogP contribution is 2.06. The number of carboxylic acids is 1. The molecule has 0 aliphatic heterocycles. The van der Waals surface area contributed by atoms with Gasteiger partial charge in [0, 0.05) is 19.4 Å². The summed E-state index contributed by atoms with van der Waals surface area (Å²) < 4.78 is 0. The summed E-state index contributed by atoms with van der Waals surface area (Å²) in [6.45, 7) is 0.481. The van der Waals surface area contributed by atoms with Crippen LogP contribution in [0.1, 0.15) is 57.8 Å². The van der Waals surface area contributed by atoms with Gasteiger partial charge in [-0.2, -0.15) is 0 Å². The summed E-state index contributed by atoms with van der Waals surface area (Å²) >= 11 is 0. The maximum Gasteiger partial charge on any atom is 0.332 e. The van der Waals surface area contributed by atoms with Gasteiger partial charge in [-0.1, -0.05) is 18.0 Å². The third kappa shape index (κ3) is 11.7. The summed E-state index contributed by atoms with van der Waals surface area (Å²) in [6.07, 6.45) is 6.90. The van der Waals surface area contributed by atoms with E-state index in [0.29, 0.717) is 32.2 Å². The molecular formula is C14H24N2O5. The lowest BCUT2D eigenvalue weighted by molar-refractivity contribution is -0.138. The maximum absolute atomic E-state index is 11.5. The molecule has 0 rings (SSSR count). The molecule has 7 nitrogen and oxygen atoms in total. The van der Waals surface area contributed by atoms with E-state index in [-0.39, 0.29) is 12.3 Å². The van der Waals surface area contributed by atoms with E-state index in [1.165, 1.54) is 0 Å². The summed E-state index contributed by atoms with van der Waals surface area (Å²) in [5.74, 6) is -1.22. The quantitative estimate of drug-likeness (QED) is 0.289. The van der Waals surface area contributed by atoms with E-state index in [1.54, 1.807) is 0 Å². The van der Waals surface area contributed by atoms with E-state index in [4.69, 9.17) is 5.11 Å². The Kier molecular flexibility index (Phi) is 12.1. The topological polar surface area (TPSA) is 113 Å². The highest BCUT2D eigenvalue weighted by molar-refractivity contribution is 5.75. The maximum atomic E-state index is 11.5. The Balaban J connectivity index is 3.43. The number of nitroso groups, excluding NO2 is 1. The molecule has 21 heavy (non-hydrogen) atoms. The molecule has 0 fully saturated rings. The molecule has 7 heteroatoms. The van der Waals surface area contributed by atoms with E-state index in [9.17, 15) is 19.3 Å². The molecule has 0 aliphatic carbocycles. The second kappa shape index (κ2) is 13.2.